The Hall–Kier alpha value is -3.81. The molecule has 1 amide bonds. The fourth-order valence-electron chi connectivity index (χ4n) is 2.41. The zero-order valence-corrected chi connectivity index (χ0v) is 18.2. The molecule has 0 fully saturated rings. The first-order chi connectivity index (χ1) is 15.3. The van der Waals surface area contributed by atoms with Crippen LogP contribution in [0.3, 0.4) is 0 Å². The summed E-state index contributed by atoms with van der Waals surface area (Å²) in [7, 11) is 1.01. The number of amides is 1. The number of alkyl carbamates (subject to hydrolysis) is 1. The molecule has 0 unspecified atom stereocenters. The van der Waals surface area contributed by atoms with Gasteiger partial charge in [0.15, 0.2) is 0 Å². The van der Waals surface area contributed by atoms with Gasteiger partial charge in [-0.25, -0.2) is 19.0 Å². The number of rotatable bonds is 4. The number of nitrogens with one attached hydrogen (secondary N) is 2. The lowest BCUT2D eigenvalue weighted by Crippen LogP contribution is -2.32. The van der Waals surface area contributed by atoms with E-state index in [9.17, 15) is 27.2 Å². The van der Waals surface area contributed by atoms with Gasteiger partial charge in [0.25, 0.3) is 0 Å². The third kappa shape index (κ3) is 7.68. The maximum atomic E-state index is 13.8. The molecular weight excluding hydrogens is 446 g/mol. The Morgan fingerprint density at radius 3 is 2.45 bits per heavy atom. The number of alkyl halides is 3. The van der Waals surface area contributed by atoms with E-state index in [4.69, 9.17) is 4.74 Å². The highest BCUT2D eigenvalue weighted by Gasteiger charge is 2.33. The van der Waals surface area contributed by atoms with Crippen LogP contribution in [0.25, 0.3) is 0 Å². The summed E-state index contributed by atoms with van der Waals surface area (Å²) >= 11 is 0. The predicted octanol–water partition coefficient (Wildman–Crippen LogP) is 4.65. The number of aromatic nitrogens is 1. The molecule has 0 aliphatic carbocycles. The number of hydrogen-bond donors (Lipinski definition) is 2. The van der Waals surface area contributed by atoms with Crippen molar-refractivity contribution < 1.29 is 36.6 Å². The van der Waals surface area contributed by atoms with Gasteiger partial charge in [-0.05, 0) is 45.0 Å². The topological polar surface area (TPSA) is 89.5 Å². The minimum absolute atomic E-state index is 0.110. The molecular formula is C22H21F4N3O4. The number of esters is 1. The molecule has 11 heteroatoms. The maximum Gasteiger partial charge on any atom is 0.417 e. The number of ether oxygens (including phenoxy) is 2. The van der Waals surface area contributed by atoms with E-state index < -0.39 is 40.8 Å². The number of hydrogen-bond acceptors (Lipinski definition) is 6. The van der Waals surface area contributed by atoms with Gasteiger partial charge in [-0.2, -0.15) is 13.2 Å². The first-order valence-corrected chi connectivity index (χ1v) is 9.48. The van der Waals surface area contributed by atoms with Gasteiger partial charge in [0.1, 0.15) is 22.8 Å². The van der Waals surface area contributed by atoms with E-state index in [1.807, 2.05) is 0 Å². The monoisotopic (exact) mass is 467 g/mol. The zero-order valence-electron chi connectivity index (χ0n) is 18.2. The fraction of sp³-hybridized carbons (Fsp3) is 0.318. The summed E-state index contributed by atoms with van der Waals surface area (Å²) in [5.41, 5.74) is -2.02. The van der Waals surface area contributed by atoms with Gasteiger partial charge in [0.2, 0.25) is 0 Å². The highest BCUT2D eigenvalue weighted by atomic mass is 19.4. The van der Waals surface area contributed by atoms with E-state index in [-0.39, 0.29) is 23.6 Å². The number of carbonyl (C=O) groups excluding carboxylic acids is 2. The van der Waals surface area contributed by atoms with Crippen molar-refractivity contribution in [1.82, 2.24) is 10.3 Å². The van der Waals surface area contributed by atoms with Crippen LogP contribution in [-0.4, -0.2) is 36.3 Å². The third-order valence-corrected chi connectivity index (χ3v) is 3.80. The second-order valence-corrected chi connectivity index (χ2v) is 7.58. The van der Waals surface area contributed by atoms with Crippen LogP contribution in [0.4, 0.5) is 33.9 Å². The summed E-state index contributed by atoms with van der Waals surface area (Å²) in [4.78, 5) is 27.3. The molecule has 1 aromatic heterocycles. The molecule has 2 N–H and O–H groups in total. The van der Waals surface area contributed by atoms with Crippen molar-refractivity contribution in [1.29, 1.82) is 0 Å². The lowest BCUT2D eigenvalue weighted by atomic mass is 10.1. The van der Waals surface area contributed by atoms with E-state index in [1.165, 1.54) is 6.07 Å². The molecule has 0 saturated heterocycles. The Bertz CT molecular complexity index is 1100. The smallest absolute Gasteiger partial charge is 0.417 e. The summed E-state index contributed by atoms with van der Waals surface area (Å²) < 4.78 is 62.4. The van der Waals surface area contributed by atoms with E-state index >= 15 is 0 Å². The number of nitrogens with zero attached hydrogens (tertiary/aromatic N) is 1. The third-order valence-electron chi connectivity index (χ3n) is 3.80. The number of benzene rings is 1. The van der Waals surface area contributed by atoms with Crippen molar-refractivity contribution in [3.8, 4) is 11.8 Å². The van der Waals surface area contributed by atoms with Crippen LogP contribution in [0.5, 0.6) is 0 Å². The maximum absolute atomic E-state index is 13.8. The van der Waals surface area contributed by atoms with Crippen LogP contribution in [0, 0.1) is 17.7 Å². The van der Waals surface area contributed by atoms with Crippen molar-refractivity contribution in [2.45, 2.75) is 32.5 Å². The molecule has 2 rings (SSSR count). The Morgan fingerprint density at radius 1 is 1.15 bits per heavy atom. The average molecular weight is 467 g/mol. The number of pyridine rings is 1. The SMILES string of the molecule is COC(=O)c1cc(C(F)(F)F)cnc1Nc1ccc(F)cc1C#CCNC(=O)OC(C)(C)C. The Balaban J connectivity index is 2.30. The number of halogens is 4. The molecule has 0 saturated carbocycles. The molecule has 0 radical (unpaired) electrons. The number of carbonyl (C=O) groups is 2. The van der Waals surface area contributed by atoms with Crippen molar-refractivity contribution in [2.24, 2.45) is 0 Å². The average Bonchev–Trinajstić information content (AvgIpc) is 2.70. The van der Waals surface area contributed by atoms with Crippen LogP contribution in [0.15, 0.2) is 30.5 Å². The molecule has 0 bridgehead atoms. The minimum atomic E-state index is -4.72. The zero-order chi connectivity index (χ0) is 24.8. The Labute approximate surface area is 187 Å². The van der Waals surface area contributed by atoms with Gasteiger partial charge in [0.05, 0.1) is 30.5 Å². The van der Waals surface area contributed by atoms with Crippen LogP contribution >= 0.6 is 0 Å². The van der Waals surface area contributed by atoms with E-state index in [2.05, 4.69) is 32.2 Å². The lowest BCUT2D eigenvalue weighted by Gasteiger charge is -2.19. The second kappa shape index (κ2) is 10.2. The van der Waals surface area contributed by atoms with Gasteiger partial charge in [-0.15, -0.1) is 0 Å². The van der Waals surface area contributed by atoms with Crippen LogP contribution in [-0.2, 0) is 15.7 Å². The van der Waals surface area contributed by atoms with Gasteiger partial charge in [0, 0.05) is 6.20 Å². The van der Waals surface area contributed by atoms with Gasteiger partial charge in [-0.3, -0.25) is 0 Å². The summed E-state index contributed by atoms with van der Waals surface area (Å²) in [6.07, 6.45) is -4.86. The predicted molar refractivity (Wildman–Crippen MR) is 111 cm³/mol. The minimum Gasteiger partial charge on any atom is -0.465 e. The highest BCUT2D eigenvalue weighted by Crippen LogP contribution is 2.32. The first-order valence-electron chi connectivity index (χ1n) is 9.48. The van der Waals surface area contributed by atoms with Gasteiger partial charge < -0.3 is 20.1 Å². The number of methoxy groups -OCH3 is 1. The van der Waals surface area contributed by atoms with E-state index in [0.29, 0.717) is 12.3 Å². The summed E-state index contributed by atoms with van der Waals surface area (Å²) in [5.74, 6) is 3.35. The molecule has 0 spiro atoms. The molecule has 2 aromatic rings. The summed E-state index contributed by atoms with van der Waals surface area (Å²) in [6, 6.07) is 4.04. The van der Waals surface area contributed by atoms with Crippen molar-refractivity contribution in [3.63, 3.8) is 0 Å². The fourth-order valence-corrected chi connectivity index (χ4v) is 2.41. The van der Waals surface area contributed by atoms with E-state index in [1.54, 1.807) is 20.8 Å². The van der Waals surface area contributed by atoms with Gasteiger partial charge >= 0.3 is 18.2 Å². The molecule has 7 nitrogen and oxygen atoms in total. The van der Waals surface area contributed by atoms with Crippen molar-refractivity contribution in [2.75, 3.05) is 19.0 Å². The molecule has 176 valence electrons. The standard InChI is InChI=1S/C22H21F4N3O4/c1-21(2,3)33-20(31)27-9-5-6-13-10-15(23)7-8-17(13)29-18-16(19(30)32-4)11-14(12-28-18)22(24,25)26/h7-8,10-12H,9H2,1-4H3,(H,27,31)(H,28,29). The lowest BCUT2D eigenvalue weighted by molar-refractivity contribution is -0.137. The van der Waals surface area contributed by atoms with Crippen LogP contribution in [0.2, 0.25) is 0 Å². The van der Waals surface area contributed by atoms with Crippen molar-refractivity contribution in [3.05, 3.63) is 53.0 Å². The van der Waals surface area contributed by atoms with Crippen LogP contribution in [0.1, 0.15) is 42.3 Å². The molecule has 0 aliphatic heterocycles. The molecule has 0 aliphatic rings. The number of anilines is 2. The quantitative estimate of drug-likeness (QED) is 0.387. The van der Waals surface area contributed by atoms with Crippen molar-refractivity contribution >= 4 is 23.6 Å². The first kappa shape index (κ1) is 25.5. The molecule has 1 aromatic carbocycles. The highest BCUT2D eigenvalue weighted by molar-refractivity contribution is 5.95. The largest absolute Gasteiger partial charge is 0.465 e. The Morgan fingerprint density at radius 2 is 1.85 bits per heavy atom. The molecule has 33 heavy (non-hydrogen) atoms. The second-order valence-electron chi connectivity index (χ2n) is 7.58. The van der Waals surface area contributed by atoms with Crippen LogP contribution < -0.4 is 10.6 Å². The summed E-state index contributed by atoms with van der Waals surface area (Å²) in [5, 5.41) is 5.10. The normalized spacial score (nSPS) is 11.2. The Kier molecular flexibility index (Phi) is 7.87. The molecule has 1 heterocycles. The van der Waals surface area contributed by atoms with E-state index in [0.717, 1.165) is 19.2 Å². The van der Waals surface area contributed by atoms with Gasteiger partial charge in [-0.1, -0.05) is 11.8 Å². The summed E-state index contributed by atoms with van der Waals surface area (Å²) in [6.45, 7) is 4.97. The molecule has 0 atom stereocenters.